The van der Waals surface area contributed by atoms with Gasteiger partial charge >= 0.3 is 0 Å². The van der Waals surface area contributed by atoms with Crippen molar-refractivity contribution in [1.82, 2.24) is 10.0 Å². The topological polar surface area (TPSA) is 58.2 Å². The predicted octanol–water partition coefficient (Wildman–Crippen LogP) is 2.21. The minimum Gasteiger partial charge on any atom is -0.313 e. The third-order valence-corrected chi connectivity index (χ3v) is 4.88. The van der Waals surface area contributed by atoms with Crippen LogP contribution in [0.2, 0.25) is 0 Å². The smallest absolute Gasteiger partial charge is 0.243 e. The standard InChI is InChI=1S/C12H14BrFN2O2S.ClH/c13-10-2-1-3-11(12(10)14)19(17,18)16-8-9-4-6-15-7-5-9;/h1-4,15-16H,5-8H2;1H. The first-order valence-corrected chi connectivity index (χ1v) is 8.10. The lowest BCUT2D eigenvalue weighted by Crippen LogP contribution is -2.30. The molecule has 2 N–H and O–H groups in total. The Morgan fingerprint density at radius 3 is 2.80 bits per heavy atom. The van der Waals surface area contributed by atoms with Crippen LogP contribution in [0.4, 0.5) is 4.39 Å². The van der Waals surface area contributed by atoms with Crippen LogP contribution in [0.25, 0.3) is 0 Å². The molecule has 112 valence electrons. The van der Waals surface area contributed by atoms with Crippen LogP contribution in [0.1, 0.15) is 6.42 Å². The van der Waals surface area contributed by atoms with Crippen LogP contribution in [-0.4, -0.2) is 28.1 Å². The van der Waals surface area contributed by atoms with Gasteiger partial charge in [0.1, 0.15) is 4.90 Å². The molecule has 8 heteroatoms. The molecule has 0 fully saturated rings. The van der Waals surface area contributed by atoms with Gasteiger partial charge in [-0.2, -0.15) is 0 Å². The van der Waals surface area contributed by atoms with Crippen LogP contribution < -0.4 is 10.0 Å². The lowest BCUT2D eigenvalue weighted by Gasteiger charge is -2.15. The molecular weight excluding hydrogens is 371 g/mol. The van der Waals surface area contributed by atoms with Crippen molar-refractivity contribution in [3.8, 4) is 0 Å². The van der Waals surface area contributed by atoms with Gasteiger partial charge in [-0.1, -0.05) is 17.7 Å². The molecule has 0 aromatic heterocycles. The highest BCUT2D eigenvalue weighted by molar-refractivity contribution is 9.10. The number of nitrogens with one attached hydrogen (secondary N) is 2. The summed E-state index contributed by atoms with van der Waals surface area (Å²) in [6, 6.07) is 4.20. The molecule has 0 amide bonds. The van der Waals surface area contributed by atoms with E-state index in [1.807, 2.05) is 6.08 Å². The van der Waals surface area contributed by atoms with Crippen molar-refractivity contribution in [1.29, 1.82) is 0 Å². The summed E-state index contributed by atoms with van der Waals surface area (Å²) >= 11 is 2.98. The third kappa shape index (κ3) is 4.26. The molecule has 1 aliphatic rings. The summed E-state index contributed by atoms with van der Waals surface area (Å²) in [6.45, 7) is 1.79. The number of hydrogen-bond acceptors (Lipinski definition) is 3. The molecule has 1 aliphatic heterocycles. The van der Waals surface area contributed by atoms with Gasteiger partial charge in [-0.15, -0.1) is 12.4 Å². The summed E-state index contributed by atoms with van der Waals surface area (Å²) in [5.74, 6) is -0.769. The minimum atomic E-state index is -3.83. The van der Waals surface area contributed by atoms with Gasteiger partial charge < -0.3 is 5.32 Å². The fourth-order valence-electron chi connectivity index (χ4n) is 1.79. The molecule has 1 aromatic carbocycles. The summed E-state index contributed by atoms with van der Waals surface area (Å²) < 4.78 is 40.4. The van der Waals surface area contributed by atoms with Gasteiger partial charge in [0.15, 0.2) is 5.82 Å². The van der Waals surface area contributed by atoms with Gasteiger partial charge in [-0.25, -0.2) is 17.5 Å². The van der Waals surface area contributed by atoms with Gasteiger partial charge in [0.05, 0.1) is 4.47 Å². The Morgan fingerprint density at radius 1 is 1.40 bits per heavy atom. The van der Waals surface area contributed by atoms with Crippen LogP contribution in [0.5, 0.6) is 0 Å². The van der Waals surface area contributed by atoms with E-state index in [1.54, 1.807) is 0 Å². The first-order valence-electron chi connectivity index (χ1n) is 5.83. The van der Waals surface area contributed by atoms with E-state index in [9.17, 15) is 12.8 Å². The fraction of sp³-hybridized carbons (Fsp3) is 0.333. The van der Waals surface area contributed by atoms with Crippen molar-refractivity contribution < 1.29 is 12.8 Å². The second kappa shape index (κ2) is 7.51. The van der Waals surface area contributed by atoms with E-state index < -0.39 is 15.8 Å². The molecule has 20 heavy (non-hydrogen) atoms. The van der Waals surface area contributed by atoms with Gasteiger partial charge in [-0.3, -0.25) is 0 Å². The molecule has 4 nitrogen and oxygen atoms in total. The molecule has 2 rings (SSSR count). The maximum Gasteiger partial charge on any atom is 0.243 e. The second-order valence-corrected chi connectivity index (χ2v) is 6.78. The molecule has 0 saturated carbocycles. The van der Waals surface area contributed by atoms with Gasteiger partial charge in [0.2, 0.25) is 10.0 Å². The number of benzene rings is 1. The number of halogens is 3. The Hall–Kier alpha value is -0.470. The van der Waals surface area contributed by atoms with Gasteiger partial charge in [0, 0.05) is 13.1 Å². The number of sulfonamides is 1. The molecule has 0 spiro atoms. The van der Waals surface area contributed by atoms with Crippen molar-refractivity contribution in [3.05, 3.63) is 40.1 Å². The van der Waals surface area contributed by atoms with Crippen molar-refractivity contribution in [2.24, 2.45) is 0 Å². The highest BCUT2D eigenvalue weighted by Gasteiger charge is 2.20. The number of rotatable bonds is 4. The third-order valence-electron chi connectivity index (χ3n) is 2.85. The van der Waals surface area contributed by atoms with E-state index in [2.05, 4.69) is 26.0 Å². The first kappa shape index (κ1) is 17.6. The lowest BCUT2D eigenvalue weighted by atomic mass is 10.1. The summed E-state index contributed by atoms with van der Waals surface area (Å²) in [5.41, 5.74) is 1.01. The molecule has 0 unspecified atom stereocenters. The summed E-state index contributed by atoms with van der Waals surface area (Å²) in [7, 11) is -3.83. The van der Waals surface area contributed by atoms with Crippen LogP contribution in [0.3, 0.4) is 0 Å². The number of hydrogen-bond donors (Lipinski definition) is 2. The maximum atomic E-state index is 13.8. The van der Waals surface area contributed by atoms with Crippen LogP contribution in [-0.2, 0) is 10.0 Å². The minimum absolute atomic E-state index is 0. The second-order valence-electron chi connectivity index (χ2n) is 4.19. The van der Waals surface area contributed by atoms with E-state index in [1.165, 1.54) is 18.2 Å². The van der Waals surface area contributed by atoms with E-state index >= 15 is 0 Å². The van der Waals surface area contributed by atoms with Crippen LogP contribution in [0, 0.1) is 5.82 Å². The first-order chi connectivity index (χ1) is 9.00. The van der Waals surface area contributed by atoms with Crippen molar-refractivity contribution in [3.63, 3.8) is 0 Å². The fourth-order valence-corrected chi connectivity index (χ4v) is 3.42. The van der Waals surface area contributed by atoms with Gasteiger partial charge in [0.25, 0.3) is 0 Å². The summed E-state index contributed by atoms with van der Waals surface area (Å²) in [6.07, 6.45) is 2.74. The average molecular weight is 386 g/mol. The molecule has 0 saturated heterocycles. The quantitative estimate of drug-likeness (QED) is 0.781. The average Bonchev–Trinajstić information content (AvgIpc) is 2.41. The highest BCUT2D eigenvalue weighted by atomic mass is 79.9. The summed E-state index contributed by atoms with van der Waals surface area (Å²) in [5, 5.41) is 3.14. The molecule has 0 atom stereocenters. The SMILES string of the molecule is Cl.O=S(=O)(NCC1=CCNCC1)c1cccc(Br)c1F. The lowest BCUT2D eigenvalue weighted by molar-refractivity contribution is 0.555. The molecule has 0 bridgehead atoms. The zero-order valence-electron chi connectivity index (χ0n) is 10.5. The zero-order chi connectivity index (χ0) is 13.9. The Balaban J connectivity index is 0.00000200. The van der Waals surface area contributed by atoms with Crippen LogP contribution >= 0.6 is 28.3 Å². The molecule has 0 aliphatic carbocycles. The Bertz CT molecular complexity index is 607. The predicted molar refractivity (Wildman–Crippen MR) is 82.1 cm³/mol. The van der Waals surface area contributed by atoms with Crippen molar-refractivity contribution >= 4 is 38.4 Å². The Morgan fingerprint density at radius 2 is 2.15 bits per heavy atom. The van der Waals surface area contributed by atoms with E-state index in [4.69, 9.17) is 0 Å². The van der Waals surface area contributed by atoms with Crippen molar-refractivity contribution in [2.75, 3.05) is 19.6 Å². The Labute approximate surface area is 132 Å². The monoisotopic (exact) mass is 384 g/mol. The molecule has 1 aromatic rings. The Kier molecular flexibility index (Phi) is 6.60. The van der Waals surface area contributed by atoms with E-state index in [0.717, 1.165) is 25.1 Å². The summed E-state index contributed by atoms with van der Waals surface area (Å²) in [4.78, 5) is -0.337. The van der Waals surface area contributed by atoms with Crippen LogP contribution in [0.15, 0.2) is 39.2 Å². The zero-order valence-corrected chi connectivity index (χ0v) is 13.7. The maximum absolute atomic E-state index is 13.8. The normalized spacial score (nSPS) is 15.4. The van der Waals surface area contributed by atoms with E-state index in [-0.39, 0.29) is 28.3 Å². The van der Waals surface area contributed by atoms with Crippen molar-refractivity contribution in [2.45, 2.75) is 11.3 Å². The highest BCUT2D eigenvalue weighted by Crippen LogP contribution is 2.22. The molecule has 1 heterocycles. The van der Waals surface area contributed by atoms with E-state index in [0.29, 0.717) is 0 Å². The molecule has 0 radical (unpaired) electrons. The molecular formula is C12H15BrClFN2O2S. The largest absolute Gasteiger partial charge is 0.313 e. The van der Waals surface area contributed by atoms with Gasteiger partial charge in [-0.05, 0) is 41.0 Å².